The summed E-state index contributed by atoms with van der Waals surface area (Å²) in [4.78, 5) is 38.8. The van der Waals surface area contributed by atoms with Crippen LogP contribution in [0, 0.1) is 6.92 Å². The summed E-state index contributed by atoms with van der Waals surface area (Å²) in [7, 11) is 0. The molecule has 0 spiro atoms. The molecule has 2 atom stereocenters. The highest BCUT2D eigenvalue weighted by Crippen LogP contribution is 2.38. The van der Waals surface area contributed by atoms with Crippen molar-refractivity contribution in [3.05, 3.63) is 80.6 Å². The molecule has 11 heteroatoms. The molecule has 2 aromatic heterocycles. The van der Waals surface area contributed by atoms with E-state index < -0.39 is 0 Å². The van der Waals surface area contributed by atoms with Crippen LogP contribution in [0.4, 0.5) is 4.79 Å². The fraction of sp³-hybridized carbons (Fsp3) is 0.556. The molecule has 9 nitrogen and oxygen atoms in total. The largest absolute Gasteiger partial charge is 0.446 e. The SMILES string of the molecule is Cc1cn(CC[C@H]2CCCN2C=O)cn1.O=C(OC1CCCCC1)N1CCN(C2c3ccc(Cl)cc3CCc3cc(Br)cnc32)CC1. The number of aryl methyl sites for hydroxylation is 4. The summed E-state index contributed by atoms with van der Waals surface area (Å²) in [6, 6.07) is 8.94. The average Bonchev–Trinajstić information content (AvgIpc) is 3.69. The molecule has 1 unspecified atom stereocenters. The third kappa shape index (κ3) is 8.56. The smallest absolute Gasteiger partial charge is 0.410 e. The number of piperazine rings is 1. The zero-order valence-electron chi connectivity index (χ0n) is 27.3. The lowest BCUT2D eigenvalue weighted by molar-refractivity contribution is -0.118. The van der Waals surface area contributed by atoms with Gasteiger partial charge in [0, 0.05) is 67.2 Å². The molecule has 2 amide bonds. The quantitative estimate of drug-likeness (QED) is 0.255. The van der Waals surface area contributed by atoms with Gasteiger partial charge in [-0.05, 0) is 116 Å². The highest BCUT2D eigenvalue weighted by atomic mass is 79.9. The highest BCUT2D eigenvalue weighted by molar-refractivity contribution is 9.10. The molecule has 1 saturated carbocycles. The number of amides is 2. The number of likely N-dealkylation sites (tertiary alicyclic amines) is 1. The Labute approximate surface area is 291 Å². The Balaban J connectivity index is 0.000000215. The molecule has 4 aliphatic rings. The van der Waals surface area contributed by atoms with Gasteiger partial charge in [-0.2, -0.15) is 0 Å². The second-order valence-corrected chi connectivity index (χ2v) is 14.6. The number of nitrogens with zero attached hydrogens (tertiary/aromatic N) is 6. The lowest BCUT2D eigenvalue weighted by Crippen LogP contribution is -2.50. The zero-order chi connectivity index (χ0) is 32.8. The Morgan fingerprint density at radius 2 is 1.79 bits per heavy atom. The summed E-state index contributed by atoms with van der Waals surface area (Å²) in [6.07, 6.45) is 17.5. The normalized spacial score (nSPS) is 21.7. The van der Waals surface area contributed by atoms with Gasteiger partial charge in [-0.1, -0.05) is 24.1 Å². The van der Waals surface area contributed by atoms with Crippen molar-refractivity contribution in [3.63, 3.8) is 0 Å². The van der Waals surface area contributed by atoms with E-state index in [4.69, 9.17) is 21.3 Å². The Hall–Kier alpha value is -2.95. The second kappa shape index (κ2) is 16.0. The Bertz CT molecular complexity index is 1470. The molecular weight excluding hydrogens is 680 g/mol. The predicted octanol–water partition coefficient (Wildman–Crippen LogP) is 6.97. The molecule has 47 heavy (non-hydrogen) atoms. The van der Waals surface area contributed by atoms with E-state index in [1.165, 1.54) is 36.0 Å². The standard InChI is InChI=1S/C25H29BrClN3O2.C11H17N3O/c26-19-14-18-7-6-17-15-20(27)8-9-22(17)24(23(18)28-16-19)29-10-12-30(13-11-29)25(31)32-21-4-2-1-3-5-21;1-10-7-13(8-12-10)6-4-11-3-2-5-14(11)9-15/h8-9,14-16,21,24H,1-7,10-13H2;7-9,11H,2-6H2,1H3/t;11-/m.1/s1. The van der Waals surface area contributed by atoms with Crippen LogP contribution in [0.25, 0.3) is 0 Å². The fourth-order valence-corrected chi connectivity index (χ4v) is 8.12. The molecule has 1 aromatic carbocycles. The van der Waals surface area contributed by atoms with E-state index in [-0.39, 0.29) is 18.2 Å². The summed E-state index contributed by atoms with van der Waals surface area (Å²) in [5.74, 6) is 0. The summed E-state index contributed by atoms with van der Waals surface area (Å²) in [5.41, 5.74) is 6.01. The molecule has 252 valence electrons. The van der Waals surface area contributed by atoms with Gasteiger partial charge in [0.05, 0.1) is 23.8 Å². The van der Waals surface area contributed by atoms with E-state index in [9.17, 15) is 9.59 Å². The Morgan fingerprint density at radius 1 is 1.00 bits per heavy atom. The zero-order valence-corrected chi connectivity index (χ0v) is 29.7. The summed E-state index contributed by atoms with van der Waals surface area (Å²) < 4.78 is 8.91. The van der Waals surface area contributed by atoms with Crippen LogP contribution in [0.15, 0.2) is 47.5 Å². The lowest BCUT2D eigenvalue weighted by atomic mass is 9.96. The van der Waals surface area contributed by atoms with Gasteiger partial charge in [0.15, 0.2) is 0 Å². The number of benzene rings is 1. The van der Waals surface area contributed by atoms with Crippen LogP contribution >= 0.6 is 27.5 Å². The van der Waals surface area contributed by atoms with Crippen LogP contribution < -0.4 is 0 Å². The monoisotopic (exact) mass is 724 g/mol. The molecule has 3 fully saturated rings. The molecule has 4 heterocycles. The van der Waals surface area contributed by atoms with Gasteiger partial charge in [0.25, 0.3) is 0 Å². The van der Waals surface area contributed by atoms with E-state index in [0.717, 1.165) is 98.4 Å². The van der Waals surface area contributed by atoms with Crippen LogP contribution in [-0.4, -0.2) is 86.6 Å². The molecule has 7 rings (SSSR count). The first kappa shape index (κ1) is 33.9. The van der Waals surface area contributed by atoms with Crippen molar-refractivity contribution in [3.8, 4) is 0 Å². The molecule has 0 radical (unpaired) electrons. The van der Waals surface area contributed by atoms with Crippen molar-refractivity contribution < 1.29 is 14.3 Å². The number of carbonyl (C=O) groups excluding carboxylic acids is 2. The number of hydrogen-bond acceptors (Lipinski definition) is 6. The van der Waals surface area contributed by atoms with Crippen molar-refractivity contribution in [2.24, 2.45) is 0 Å². The molecule has 2 aliphatic carbocycles. The first-order valence-corrected chi connectivity index (χ1v) is 18.4. The van der Waals surface area contributed by atoms with Gasteiger partial charge >= 0.3 is 6.09 Å². The van der Waals surface area contributed by atoms with Gasteiger partial charge in [0.2, 0.25) is 6.41 Å². The molecule has 2 aliphatic heterocycles. The van der Waals surface area contributed by atoms with Crippen LogP contribution in [-0.2, 0) is 28.9 Å². The number of ether oxygens (including phenoxy) is 1. The molecule has 3 aromatic rings. The molecule has 2 saturated heterocycles. The van der Waals surface area contributed by atoms with Crippen LogP contribution in [0.1, 0.15) is 85.5 Å². The van der Waals surface area contributed by atoms with Crippen molar-refractivity contribution in [2.45, 2.75) is 95.9 Å². The Kier molecular flexibility index (Phi) is 11.5. The Morgan fingerprint density at radius 3 is 2.53 bits per heavy atom. The maximum atomic E-state index is 12.7. The molecular formula is C36H46BrClN6O3. The third-order valence-electron chi connectivity index (χ3n) is 10.1. The van der Waals surface area contributed by atoms with Crippen molar-refractivity contribution in [1.82, 2.24) is 29.2 Å². The minimum atomic E-state index is -0.146. The number of carbonyl (C=O) groups is 2. The first-order valence-electron chi connectivity index (χ1n) is 17.2. The number of pyridine rings is 1. The van der Waals surface area contributed by atoms with Crippen molar-refractivity contribution in [1.29, 1.82) is 0 Å². The number of halogens is 2. The summed E-state index contributed by atoms with van der Waals surface area (Å²) >= 11 is 9.93. The highest BCUT2D eigenvalue weighted by Gasteiger charge is 2.34. The lowest BCUT2D eigenvalue weighted by Gasteiger charge is -2.39. The molecule has 0 N–H and O–H groups in total. The van der Waals surface area contributed by atoms with E-state index in [0.29, 0.717) is 19.1 Å². The van der Waals surface area contributed by atoms with E-state index in [1.54, 1.807) is 0 Å². The minimum absolute atomic E-state index is 0.0735. The van der Waals surface area contributed by atoms with E-state index in [2.05, 4.69) is 48.6 Å². The minimum Gasteiger partial charge on any atom is -0.446 e. The van der Waals surface area contributed by atoms with Crippen molar-refractivity contribution in [2.75, 3.05) is 32.7 Å². The van der Waals surface area contributed by atoms with Crippen LogP contribution in [0.5, 0.6) is 0 Å². The van der Waals surface area contributed by atoms with Crippen molar-refractivity contribution >= 4 is 40.0 Å². The van der Waals surface area contributed by atoms with Gasteiger partial charge in [-0.3, -0.25) is 14.7 Å². The second-order valence-electron chi connectivity index (χ2n) is 13.3. The third-order valence-corrected chi connectivity index (χ3v) is 10.8. The van der Waals surface area contributed by atoms with Gasteiger partial charge in [-0.15, -0.1) is 0 Å². The summed E-state index contributed by atoms with van der Waals surface area (Å²) in [6.45, 7) is 6.82. The van der Waals surface area contributed by atoms with Crippen LogP contribution in [0.3, 0.4) is 0 Å². The molecule has 0 bridgehead atoms. The first-order chi connectivity index (χ1) is 22.9. The maximum absolute atomic E-state index is 12.7. The maximum Gasteiger partial charge on any atom is 0.410 e. The number of imidazole rings is 1. The van der Waals surface area contributed by atoms with Crippen LogP contribution in [0.2, 0.25) is 5.02 Å². The topological polar surface area (TPSA) is 83.8 Å². The predicted molar refractivity (Wildman–Crippen MR) is 187 cm³/mol. The number of rotatable bonds is 6. The van der Waals surface area contributed by atoms with Gasteiger partial charge in [0.1, 0.15) is 6.10 Å². The van der Waals surface area contributed by atoms with Gasteiger partial charge in [-0.25, -0.2) is 9.78 Å². The van der Waals surface area contributed by atoms with E-state index in [1.807, 2.05) is 41.5 Å². The van der Waals surface area contributed by atoms with E-state index >= 15 is 0 Å². The number of hydrogen-bond donors (Lipinski definition) is 0. The van der Waals surface area contributed by atoms with Gasteiger partial charge < -0.3 is 19.1 Å². The summed E-state index contributed by atoms with van der Waals surface area (Å²) in [5, 5.41) is 0.776. The number of aromatic nitrogens is 3. The average molecular weight is 726 g/mol. The fourth-order valence-electron chi connectivity index (χ4n) is 7.54. The number of fused-ring (bicyclic) bond motifs is 2.